The van der Waals surface area contributed by atoms with Crippen molar-refractivity contribution in [3.8, 4) is 0 Å². The van der Waals surface area contributed by atoms with E-state index >= 15 is 0 Å². The van der Waals surface area contributed by atoms with Gasteiger partial charge in [-0.05, 0) is 24.3 Å². The molecule has 5 nitrogen and oxygen atoms in total. The molecule has 0 saturated carbocycles. The van der Waals surface area contributed by atoms with E-state index in [9.17, 15) is 9.59 Å². The third kappa shape index (κ3) is 1.32. The zero-order valence-electron chi connectivity index (χ0n) is 7.14. The molecule has 0 amide bonds. The minimum absolute atomic E-state index is 0.0337. The molecule has 0 bridgehead atoms. The van der Waals surface area contributed by atoms with Crippen molar-refractivity contribution < 1.29 is 19.5 Å². The summed E-state index contributed by atoms with van der Waals surface area (Å²) >= 11 is 0. The maximum atomic E-state index is 10.8. The first-order valence-corrected chi connectivity index (χ1v) is 4.02. The molecule has 1 aliphatic heterocycles. The smallest absolute Gasteiger partial charge is 0.353 e. The van der Waals surface area contributed by atoms with Crippen LogP contribution in [0, 0.1) is 0 Å². The minimum Gasteiger partial charge on any atom is -0.477 e. The van der Waals surface area contributed by atoms with Crippen LogP contribution < -0.4 is 0 Å². The molecule has 0 aromatic rings. The number of nitrogens with zero attached hydrogens (tertiary/aromatic N) is 1. The summed E-state index contributed by atoms with van der Waals surface area (Å²) in [4.78, 5) is 26.4. The number of carbonyl (C=O) groups excluding carboxylic acids is 1. The van der Waals surface area contributed by atoms with Crippen LogP contribution in [0.1, 0.15) is 6.42 Å². The van der Waals surface area contributed by atoms with Gasteiger partial charge in [-0.3, -0.25) is 4.79 Å². The summed E-state index contributed by atoms with van der Waals surface area (Å²) in [6.45, 7) is 0. The first-order valence-electron chi connectivity index (χ1n) is 4.02. The van der Waals surface area contributed by atoms with Gasteiger partial charge in [-0.1, -0.05) is 5.16 Å². The maximum absolute atomic E-state index is 10.8. The van der Waals surface area contributed by atoms with Crippen molar-refractivity contribution in [3.63, 3.8) is 0 Å². The highest BCUT2D eigenvalue weighted by Gasteiger charge is 2.38. The zero-order valence-corrected chi connectivity index (χ0v) is 7.14. The van der Waals surface area contributed by atoms with E-state index in [1.54, 1.807) is 0 Å². The highest BCUT2D eigenvalue weighted by molar-refractivity contribution is 6.36. The van der Waals surface area contributed by atoms with Crippen molar-refractivity contribution in [1.29, 1.82) is 0 Å². The standard InChI is InChI=1S/C9H7NO4/c11-6-1-3-9(4-2-6)5-7(8(12)13)10-14-9/h1-4H,5H2,(H,12,13). The number of carboxylic acid groups (broad SMARTS) is 1. The molecule has 14 heavy (non-hydrogen) atoms. The SMILES string of the molecule is O=C1C=CC2(C=C1)CC(C(=O)O)=NO2. The second-order valence-corrected chi connectivity index (χ2v) is 3.14. The first kappa shape index (κ1) is 8.68. The Labute approximate surface area is 79.3 Å². The summed E-state index contributed by atoms with van der Waals surface area (Å²) in [5.41, 5.74) is -0.893. The fraction of sp³-hybridized carbons (Fsp3) is 0.222. The van der Waals surface area contributed by atoms with Crippen molar-refractivity contribution in [2.75, 3.05) is 0 Å². The number of aliphatic carboxylic acids is 1. The molecule has 0 aromatic heterocycles. The van der Waals surface area contributed by atoms with Gasteiger partial charge in [0.05, 0.1) is 6.42 Å². The second kappa shape index (κ2) is 2.80. The Morgan fingerprint density at radius 2 is 2.14 bits per heavy atom. The molecule has 1 aliphatic carbocycles. The van der Waals surface area contributed by atoms with E-state index in [4.69, 9.17) is 9.94 Å². The van der Waals surface area contributed by atoms with Gasteiger partial charge in [0, 0.05) is 0 Å². The van der Waals surface area contributed by atoms with Crippen LogP contribution in [0.2, 0.25) is 0 Å². The van der Waals surface area contributed by atoms with Gasteiger partial charge in [0.25, 0.3) is 0 Å². The molecular weight excluding hydrogens is 186 g/mol. The minimum atomic E-state index is -1.10. The maximum Gasteiger partial charge on any atom is 0.353 e. The number of carbonyl (C=O) groups is 2. The molecule has 0 unspecified atom stereocenters. The van der Waals surface area contributed by atoms with Crippen LogP contribution in [0.25, 0.3) is 0 Å². The van der Waals surface area contributed by atoms with Gasteiger partial charge in [-0.15, -0.1) is 0 Å². The van der Waals surface area contributed by atoms with Crippen molar-refractivity contribution in [3.05, 3.63) is 24.3 Å². The van der Waals surface area contributed by atoms with Crippen LogP contribution in [-0.2, 0) is 14.4 Å². The van der Waals surface area contributed by atoms with E-state index in [0.29, 0.717) is 0 Å². The quantitative estimate of drug-likeness (QED) is 0.649. The third-order valence-electron chi connectivity index (χ3n) is 2.08. The second-order valence-electron chi connectivity index (χ2n) is 3.14. The molecule has 0 atom stereocenters. The number of rotatable bonds is 1. The molecule has 0 radical (unpaired) electrons. The van der Waals surface area contributed by atoms with Gasteiger partial charge < -0.3 is 9.94 Å². The van der Waals surface area contributed by atoms with Crippen LogP contribution in [-0.4, -0.2) is 28.2 Å². The normalized spacial score (nSPS) is 22.3. The molecule has 5 heteroatoms. The fourth-order valence-electron chi connectivity index (χ4n) is 1.32. The van der Waals surface area contributed by atoms with Crippen molar-refractivity contribution in [2.45, 2.75) is 12.0 Å². The fourth-order valence-corrected chi connectivity index (χ4v) is 1.32. The van der Waals surface area contributed by atoms with E-state index in [1.165, 1.54) is 24.3 Å². The molecule has 1 heterocycles. The Hall–Kier alpha value is -1.91. The Morgan fingerprint density at radius 3 is 2.64 bits per heavy atom. The summed E-state index contributed by atoms with van der Waals surface area (Å²) in [6.07, 6.45) is 5.90. The highest BCUT2D eigenvalue weighted by Crippen LogP contribution is 2.29. The molecule has 0 fully saturated rings. The van der Waals surface area contributed by atoms with Crippen molar-refractivity contribution >= 4 is 17.5 Å². The van der Waals surface area contributed by atoms with Crippen molar-refractivity contribution in [2.24, 2.45) is 5.16 Å². The van der Waals surface area contributed by atoms with Gasteiger partial charge in [0.1, 0.15) is 0 Å². The number of oxime groups is 1. The van der Waals surface area contributed by atoms with Crippen LogP contribution in [0.15, 0.2) is 29.5 Å². The summed E-state index contributed by atoms with van der Waals surface area (Å²) in [5, 5.41) is 12.1. The van der Waals surface area contributed by atoms with Crippen molar-refractivity contribution in [1.82, 2.24) is 0 Å². The Morgan fingerprint density at radius 1 is 1.50 bits per heavy atom. The number of allylic oxidation sites excluding steroid dienone is 2. The highest BCUT2D eigenvalue weighted by atomic mass is 16.7. The molecular formula is C9H7NO4. The van der Waals surface area contributed by atoms with Crippen LogP contribution >= 0.6 is 0 Å². The molecule has 0 saturated heterocycles. The number of hydrogen-bond acceptors (Lipinski definition) is 4. The summed E-state index contributed by atoms with van der Waals surface area (Å²) < 4.78 is 0. The molecule has 1 N–H and O–H groups in total. The van der Waals surface area contributed by atoms with Crippen LogP contribution in [0.3, 0.4) is 0 Å². The van der Waals surface area contributed by atoms with E-state index in [0.717, 1.165) is 0 Å². The summed E-state index contributed by atoms with van der Waals surface area (Å²) in [6, 6.07) is 0. The third-order valence-corrected chi connectivity index (χ3v) is 2.08. The lowest BCUT2D eigenvalue weighted by Gasteiger charge is -2.19. The first-order chi connectivity index (χ1) is 6.61. The Bertz CT molecular complexity index is 376. The van der Waals surface area contributed by atoms with Crippen LogP contribution in [0.4, 0.5) is 0 Å². The lowest BCUT2D eigenvalue weighted by molar-refractivity contribution is -0.129. The van der Waals surface area contributed by atoms with Gasteiger partial charge in [-0.25, -0.2) is 4.79 Å². The predicted molar refractivity (Wildman–Crippen MR) is 46.8 cm³/mol. The van der Waals surface area contributed by atoms with Gasteiger partial charge in [-0.2, -0.15) is 0 Å². The van der Waals surface area contributed by atoms with E-state index in [1.807, 2.05) is 0 Å². The van der Waals surface area contributed by atoms with Crippen LogP contribution in [0.5, 0.6) is 0 Å². The molecule has 2 rings (SSSR count). The van der Waals surface area contributed by atoms with E-state index in [-0.39, 0.29) is 17.9 Å². The number of hydrogen-bond donors (Lipinski definition) is 1. The summed E-state index contributed by atoms with van der Waals surface area (Å²) in [7, 11) is 0. The van der Waals surface area contributed by atoms with Gasteiger partial charge in [0.2, 0.25) is 0 Å². The average molecular weight is 193 g/mol. The zero-order chi connectivity index (χ0) is 10.2. The Kier molecular flexibility index (Phi) is 1.73. The van der Waals surface area contributed by atoms with E-state index < -0.39 is 11.6 Å². The lowest BCUT2D eigenvalue weighted by atomic mass is 9.92. The van der Waals surface area contributed by atoms with E-state index in [2.05, 4.69) is 5.16 Å². The molecule has 72 valence electrons. The number of ketones is 1. The monoisotopic (exact) mass is 193 g/mol. The van der Waals surface area contributed by atoms with Gasteiger partial charge >= 0.3 is 5.97 Å². The predicted octanol–water partition coefficient (Wildman–Crippen LogP) is 0.281. The molecule has 1 spiro atoms. The lowest BCUT2D eigenvalue weighted by Crippen LogP contribution is -2.27. The summed E-state index contributed by atoms with van der Waals surface area (Å²) in [5.74, 6) is -1.23. The topological polar surface area (TPSA) is 76.0 Å². The average Bonchev–Trinajstić information content (AvgIpc) is 2.56. The number of carboxylic acids is 1. The van der Waals surface area contributed by atoms with Gasteiger partial charge in [0.15, 0.2) is 17.1 Å². The Balaban J connectivity index is 2.18. The molecule has 2 aliphatic rings. The molecule has 0 aromatic carbocycles. The largest absolute Gasteiger partial charge is 0.477 e.